The highest BCUT2D eigenvalue weighted by Crippen LogP contribution is 2.12. The molecule has 0 unspecified atom stereocenters. The second kappa shape index (κ2) is 5.47. The van der Waals surface area contributed by atoms with Crippen LogP contribution >= 0.6 is 0 Å². The maximum absolute atomic E-state index is 13.4. The van der Waals surface area contributed by atoms with Gasteiger partial charge in [0.15, 0.2) is 0 Å². The van der Waals surface area contributed by atoms with Gasteiger partial charge < -0.3 is 11.1 Å². The van der Waals surface area contributed by atoms with Gasteiger partial charge in [0.2, 0.25) is 5.91 Å². The molecular weight excluding hydrogens is 254 g/mol. The average molecular weight is 266 g/mol. The van der Waals surface area contributed by atoms with Gasteiger partial charge in [-0.3, -0.25) is 9.48 Å². The number of aromatic nitrogens is 2. The van der Waals surface area contributed by atoms with Gasteiger partial charge >= 0.3 is 0 Å². The summed E-state index contributed by atoms with van der Waals surface area (Å²) in [4.78, 5) is 10.7. The standard InChI is InChI=1S/C12H12F2N4O/c13-9-1-2-11(14)8(3-9)4-16-10-5-17-18(6-10)7-12(15)19/h1-3,5-6,16H,4,7H2,(H2,15,19). The minimum atomic E-state index is -0.508. The number of primary amides is 1. The maximum Gasteiger partial charge on any atom is 0.239 e. The number of rotatable bonds is 5. The van der Waals surface area contributed by atoms with Gasteiger partial charge in [0.25, 0.3) is 0 Å². The first-order valence-electron chi connectivity index (χ1n) is 5.53. The van der Waals surface area contributed by atoms with Crippen LogP contribution in [0.4, 0.5) is 14.5 Å². The van der Waals surface area contributed by atoms with Crippen molar-refractivity contribution in [3.63, 3.8) is 0 Å². The Hall–Kier alpha value is -2.44. The molecular formula is C12H12F2N4O. The van der Waals surface area contributed by atoms with E-state index in [1.165, 1.54) is 10.9 Å². The van der Waals surface area contributed by atoms with Crippen LogP contribution in [0.2, 0.25) is 0 Å². The van der Waals surface area contributed by atoms with Gasteiger partial charge in [0.1, 0.15) is 18.2 Å². The zero-order valence-electron chi connectivity index (χ0n) is 9.94. The second-order valence-corrected chi connectivity index (χ2v) is 3.98. The van der Waals surface area contributed by atoms with Crippen molar-refractivity contribution >= 4 is 11.6 Å². The molecule has 0 fully saturated rings. The Morgan fingerprint density at radius 2 is 2.21 bits per heavy atom. The Bertz CT molecular complexity index is 597. The summed E-state index contributed by atoms with van der Waals surface area (Å²) in [5.41, 5.74) is 5.82. The monoisotopic (exact) mass is 266 g/mol. The molecule has 0 bridgehead atoms. The third kappa shape index (κ3) is 3.51. The number of nitrogens with two attached hydrogens (primary N) is 1. The summed E-state index contributed by atoms with van der Waals surface area (Å²) < 4.78 is 27.7. The minimum Gasteiger partial charge on any atom is -0.378 e. The van der Waals surface area contributed by atoms with E-state index in [1.807, 2.05) is 0 Å². The molecule has 2 rings (SSSR count). The number of anilines is 1. The van der Waals surface area contributed by atoms with E-state index in [0.717, 1.165) is 18.2 Å². The summed E-state index contributed by atoms with van der Waals surface area (Å²) in [5, 5.41) is 6.77. The van der Waals surface area contributed by atoms with E-state index in [9.17, 15) is 13.6 Å². The smallest absolute Gasteiger partial charge is 0.239 e. The quantitative estimate of drug-likeness (QED) is 0.855. The summed E-state index contributed by atoms with van der Waals surface area (Å²) in [5.74, 6) is -1.49. The lowest BCUT2D eigenvalue weighted by molar-refractivity contribution is -0.118. The summed E-state index contributed by atoms with van der Waals surface area (Å²) in [6, 6.07) is 3.25. The molecule has 7 heteroatoms. The van der Waals surface area contributed by atoms with Crippen molar-refractivity contribution in [3.05, 3.63) is 47.8 Å². The van der Waals surface area contributed by atoms with Crippen LogP contribution in [0, 0.1) is 11.6 Å². The van der Waals surface area contributed by atoms with Crippen LogP contribution in [-0.2, 0) is 17.9 Å². The molecule has 100 valence electrons. The van der Waals surface area contributed by atoms with Crippen LogP contribution in [-0.4, -0.2) is 15.7 Å². The molecule has 0 aliphatic carbocycles. The van der Waals surface area contributed by atoms with E-state index in [1.54, 1.807) is 6.20 Å². The fraction of sp³-hybridized carbons (Fsp3) is 0.167. The summed E-state index contributed by atoms with van der Waals surface area (Å²) in [6.45, 7) is 0.0852. The van der Waals surface area contributed by atoms with Crippen LogP contribution in [0.25, 0.3) is 0 Å². The number of nitrogens with one attached hydrogen (secondary N) is 1. The molecule has 2 aromatic rings. The van der Waals surface area contributed by atoms with Gasteiger partial charge in [-0.05, 0) is 18.2 Å². The first-order chi connectivity index (χ1) is 9.04. The molecule has 0 aliphatic rings. The number of hydrogen-bond donors (Lipinski definition) is 2. The van der Waals surface area contributed by atoms with Gasteiger partial charge in [-0.15, -0.1) is 0 Å². The predicted molar refractivity (Wildman–Crippen MR) is 65.1 cm³/mol. The molecule has 0 aliphatic heterocycles. The molecule has 1 aromatic heterocycles. The number of amides is 1. The maximum atomic E-state index is 13.4. The van der Waals surface area contributed by atoms with E-state index >= 15 is 0 Å². The zero-order valence-corrected chi connectivity index (χ0v) is 9.94. The highest BCUT2D eigenvalue weighted by molar-refractivity contribution is 5.73. The normalized spacial score (nSPS) is 10.4. The van der Waals surface area contributed by atoms with E-state index in [4.69, 9.17) is 5.73 Å². The third-order valence-electron chi connectivity index (χ3n) is 2.44. The number of nitrogens with zero attached hydrogens (tertiary/aromatic N) is 2. The van der Waals surface area contributed by atoms with Gasteiger partial charge in [-0.1, -0.05) is 0 Å². The molecule has 3 N–H and O–H groups in total. The molecule has 5 nitrogen and oxygen atoms in total. The first-order valence-corrected chi connectivity index (χ1v) is 5.53. The van der Waals surface area contributed by atoms with Gasteiger partial charge in [-0.2, -0.15) is 5.10 Å². The number of benzene rings is 1. The average Bonchev–Trinajstić information content (AvgIpc) is 2.77. The lowest BCUT2D eigenvalue weighted by Gasteiger charge is -2.05. The molecule has 0 saturated heterocycles. The number of carbonyl (C=O) groups is 1. The SMILES string of the molecule is NC(=O)Cn1cc(NCc2cc(F)ccc2F)cn1. The topological polar surface area (TPSA) is 72.9 Å². The highest BCUT2D eigenvalue weighted by Gasteiger charge is 2.05. The molecule has 1 amide bonds. The number of hydrogen-bond acceptors (Lipinski definition) is 3. The second-order valence-electron chi connectivity index (χ2n) is 3.98. The molecule has 0 spiro atoms. The Balaban J connectivity index is 2.00. The van der Waals surface area contributed by atoms with E-state index < -0.39 is 17.5 Å². The van der Waals surface area contributed by atoms with Gasteiger partial charge in [0, 0.05) is 18.3 Å². The summed E-state index contributed by atoms with van der Waals surface area (Å²) in [7, 11) is 0. The largest absolute Gasteiger partial charge is 0.378 e. The lowest BCUT2D eigenvalue weighted by atomic mass is 10.2. The molecule has 1 aromatic carbocycles. The molecule has 19 heavy (non-hydrogen) atoms. The highest BCUT2D eigenvalue weighted by atomic mass is 19.1. The first kappa shape index (κ1) is 13.0. The van der Waals surface area contributed by atoms with Crippen molar-refractivity contribution < 1.29 is 13.6 Å². The fourth-order valence-electron chi connectivity index (χ4n) is 1.58. The van der Waals surface area contributed by atoms with Crippen molar-refractivity contribution in [2.45, 2.75) is 13.1 Å². The Labute approximate surface area is 108 Å². The van der Waals surface area contributed by atoms with Crippen LogP contribution in [0.5, 0.6) is 0 Å². The summed E-state index contributed by atoms with van der Waals surface area (Å²) >= 11 is 0. The molecule has 1 heterocycles. The van der Waals surface area contributed by atoms with Crippen LogP contribution in [0.3, 0.4) is 0 Å². The van der Waals surface area contributed by atoms with Crippen molar-refractivity contribution in [3.8, 4) is 0 Å². The molecule has 0 saturated carbocycles. The van der Waals surface area contributed by atoms with E-state index in [-0.39, 0.29) is 18.7 Å². The van der Waals surface area contributed by atoms with Crippen LogP contribution < -0.4 is 11.1 Å². The van der Waals surface area contributed by atoms with Crippen molar-refractivity contribution in [2.75, 3.05) is 5.32 Å². The minimum absolute atomic E-state index is 0.0317. The van der Waals surface area contributed by atoms with Crippen molar-refractivity contribution in [1.29, 1.82) is 0 Å². The fourth-order valence-corrected chi connectivity index (χ4v) is 1.58. The Kier molecular flexibility index (Phi) is 3.74. The van der Waals surface area contributed by atoms with Crippen molar-refractivity contribution in [2.24, 2.45) is 5.73 Å². The predicted octanol–water partition coefficient (Wildman–Crippen LogP) is 1.26. The number of carbonyl (C=O) groups excluding carboxylic acids is 1. The van der Waals surface area contributed by atoms with Crippen molar-refractivity contribution in [1.82, 2.24) is 9.78 Å². The Morgan fingerprint density at radius 1 is 1.42 bits per heavy atom. The van der Waals surface area contributed by atoms with Crippen LogP contribution in [0.1, 0.15) is 5.56 Å². The van der Waals surface area contributed by atoms with E-state index in [0.29, 0.717) is 5.69 Å². The molecule has 0 radical (unpaired) electrons. The number of halogens is 2. The van der Waals surface area contributed by atoms with Crippen LogP contribution in [0.15, 0.2) is 30.6 Å². The molecule has 0 atom stereocenters. The Morgan fingerprint density at radius 3 is 2.95 bits per heavy atom. The van der Waals surface area contributed by atoms with Gasteiger partial charge in [-0.25, -0.2) is 8.78 Å². The lowest BCUT2D eigenvalue weighted by Crippen LogP contribution is -2.18. The zero-order chi connectivity index (χ0) is 13.8. The van der Waals surface area contributed by atoms with E-state index in [2.05, 4.69) is 10.4 Å². The van der Waals surface area contributed by atoms with Gasteiger partial charge in [0.05, 0.1) is 11.9 Å². The summed E-state index contributed by atoms with van der Waals surface area (Å²) in [6.07, 6.45) is 3.03. The third-order valence-corrected chi connectivity index (χ3v) is 2.44.